The molecule has 0 spiro atoms. The van der Waals surface area contributed by atoms with Crippen LogP contribution in [0, 0.1) is 6.92 Å². The maximum absolute atomic E-state index is 5.98. The molecule has 0 bridgehead atoms. The largest absolute Gasteiger partial charge is 0.327 e. The highest BCUT2D eigenvalue weighted by Crippen LogP contribution is 2.26. The van der Waals surface area contributed by atoms with Crippen LogP contribution < -0.4 is 5.73 Å². The number of halogens is 1. The van der Waals surface area contributed by atoms with E-state index in [0.717, 1.165) is 29.8 Å². The Balaban J connectivity index is 2.20. The number of rotatable bonds is 1. The second kappa shape index (κ2) is 4.38. The van der Waals surface area contributed by atoms with Crippen molar-refractivity contribution in [1.29, 1.82) is 0 Å². The van der Waals surface area contributed by atoms with Crippen LogP contribution in [0.1, 0.15) is 30.4 Å². The molecule has 1 unspecified atom stereocenters. The molecule has 2 rings (SSSR count). The smallest absolute Gasteiger partial charge is 0.0435 e. The van der Waals surface area contributed by atoms with E-state index in [1.165, 1.54) is 11.1 Å². The first-order chi connectivity index (χ1) is 7.15. The molecule has 2 heteroatoms. The standard InChI is InChI=1S/C13H16ClN/c1-9-6-10(3-5-13(9)14)7-11-2-4-12(15)8-11/h3,5-7,12H,2,4,8,15H2,1H3/b11-7+. The summed E-state index contributed by atoms with van der Waals surface area (Å²) in [6, 6.07) is 6.51. The molecule has 0 heterocycles. The molecule has 2 N–H and O–H groups in total. The Labute approximate surface area is 95.9 Å². The molecule has 1 aliphatic rings. The lowest BCUT2D eigenvalue weighted by molar-refractivity contribution is 0.711. The second-order valence-electron chi connectivity index (χ2n) is 4.31. The van der Waals surface area contributed by atoms with E-state index in [9.17, 15) is 0 Å². The first kappa shape index (κ1) is 10.7. The summed E-state index contributed by atoms with van der Waals surface area (Å²) in [5, 5.41) is 0.834. The van der Waals surface area contributed by atoms with Gasteiger partial charge in [-0.05, 0) is 43.4 Å². The monoisotopic (exact) mass is 221 g/mol. The highest BCUT2D eigenvalue weighted by molar-refractivity contribution is 6.31. The minimum atomic E-state index is 0.365. The fourth-order valence-corrected chi connectivity index (χ4v) is 2.15. The Morgan fingerprint density at radius 3 is 2.87 bits per heavy atom. The van der Waals surface area contributed by atoms with Gasteiger partial charge in [-0.15, -0.1) is 0 Å². The summed E-state index contributed by atoms with van der Waals surface area (Å²) < 4.78 is 0. The molecular weight excluding hydrogens is 206 g/mol. The zero-order valence-electron chi connectivity index (χ0n) is 8.96. The van der Waals surface area contributed by atoms with Crippen LogP contribution in [-0.4, -0.2) is 6.04 Å². The SMILES string of the molecule is Cc1cc(/C=C2\CCC(N)C2)ccc1Cl. The molecule has 80 valence electrons. The molecule has 1 aromatic rings. The molecule has 0 aliphatic heterocycles. The topological polar surface area (TPSA) is 26.0 Å². The normalized spacial score (nSPS) is 23.7. The maximum atomic E-state index is 5.98. The second-order valence-corrected chi connectivity index (χ2v) is 4.72. The number of aryl methyl sites for hydroxylation is 1. The highest BCUT2D eigenvalue weighted by atomic mass is 35.5. The summed E-state index contributed by atoms with van der Waals surface area (Å²) in [5.74, 6) is 0. The third-order valence-electron chi connectivity index (χ3n) is 2.91. The van der Waals surface area contributed by atoms with Gasteiger partial charge in [-0.25, -0.2) is 0 Å². The van der Waals surface area contributed by atoms with Gasteiger partial charge in [-0.2, -0.15) is 0 Å². The van der Waals surface area contributed by atoms with Crippen LogP contribution in [0.25, 0.3) is 6.08 Å². The average molecular weight is 222 g/mol. The molecular formula is C13H16ClN. The summed E-state index contributed by atoms with van der Waals surface area (Å²) in [7, 11) is 0. The van der Waals surface area contributed by atoms with Crippen LogP contribution in [0.3, 0.4) is 0 Å². The van der Waals surface area contributed by atoms with Crippen molar-refractivity contribution >= 4 is 17.7 Å². The van der Waals surface area contributed by atoms with Gasteiger partial charge in [0.1, 0.15) is 0 Å². The summed E-state index contributed by atoms with van der Waals surface area (Å²) in [6.45, 7) is 2.03. The molecule has 1 saturated carbocycles. The van der Waals surface area contributed by atoms with Crippen LogP contribution in [-0.2, 0) is 0 Å². The van der Waals surface area contributed by atoms with Crippen molar-refractivity contribution in [3.8, 4) is 0 Å². The predicted molar refractivity (Wildman–Crippen MR) is 66.0 cm³/mol. The Morgan fingerprint density at radius 2 is 2.27 bits per heavy atom. The zero-order valence-corrected chi connectivity index (χ0v) is 9.72. The van der Waals surface area contributed by atoms with Crippen LogP contribution >= 0.6 is 11.6 Å². The Kier molecular flexibility index (Phi) is 3.13. The molecule has 15 heavy (non-hydrogen) atoms. The van der Waals surface area contributed by atoms with E-state index in [0.29, 0.717) is 6.04 Å². The van der Waals surface area contributed by atoms with Crippen molar-refractivity contribution in [2.75, 3.05) is 0 Å². The van der Waals surface area contributed by atoms with Gasteiger partial charge in [-0.1, -0.05) is 35.4 Å². The quantitative estimate of drug-likeness (QED) is 0.771. The van der Waals surface area contributed by atoms with E-state index in [-0.39, 0.29) is 0 Å². The van der Waals surface area contributed by atoms with Gasteiger partial charge in [0.05, 0.1) is 0 Å². The summed E-state index contributed by atoms with van der Waals surface area (Å²) >= 11 is 5.98. The van der Waals surface area contributed by atoms with Gasteiger partial charge in [-0.3, -0.25) is 0 Å². The molecule has 1 nitrogen and oxygen atoms in total. The molecule has 0 amide bonds. The van der Waals surface area contributed by atoms with Gasteiger partial charge in [0.25, 0.3) is 0 Å². The molecule has 1 fully saturated rings. The van der Waals surface area contributed by atoms with E-state index in [4.69, 9.17) is 17.3 Å². The van der Waals surface area contributed by atoms with Gasteiger partial charge >= 0.3 is 0 Å². The molecule has 0 radical (unpaired) electrons. The maximum Gasteiger partial charge on any atom is 0.0435 e. The summed E-state index contributed by atoms with van der Waals surface area (Å²) in [6.07, 6.45) is 5.55. The van der Waals surface area contributed by atoms with Crippen molar-refractivity contribution in [2.45, 2.75) is 32.2 Å². The van der Waals surface area contributed by atoms with E-state index >= 15 is 0 Å². The van der Waals surface area contributed by atoms with Crippen LogP contribution in [0.15, 0.2) is 23.8 Å². The van der Waals surface area contributed by atoms with Crippen molar-refractivity contribution in [3.05, 3.63) is 39.9 Å². The highest BCUT2D eigenvalue weighted by Gasteiger charge is 2.14. The van der Waals surface area contributed by atoms with E-state index in [1.807, 2.05) is 13.0 Å². The minimum absolute atomic E-state index is 0.365. The number of benzene rings is 1. The molecule has 1 atom stereocenters. The Bertz CT molecular complexity index is 396. The lowest BCUT2D eigenvalue weighted by Gasteiger charge is -2.01. The van der Waals surface area contributed by atoms with Gasteiger partial charge in [0.2, 0.25) is 0 Å². The average Bonchev–Trinajstić information content (AvgIpc) is 2.58. The lowest BCUT2D eigenvalue weighted by atomic mass is 10.1. The Morgan fingerprint density at radius 1 is 1.47 bits per heavy atom. The van der Waals surface area contributed by atoms with Crippen LogP contribution in [0.2, 0.25) is 5.02 Å². The fourth-order valence-electron chi connectivity index (χ4n) is 2.04. The van der Waals surface area contributed by atoms with Crippen LogP contribution in [0.5, 0.6) is 0 Å². The predicted octanol–water partition coefficient (Wildman–Crippen LogP) is 3.54. The molecule has 1 aromatic carbocycles. The van der Waals surface area contributed by atoms with Crippen LogP contribution in [0.4, 0.5) is 0 Å². The summed E-state index contributed by atoms with van der Waals surface area (Å²) in [5.41, 5.74) is 9.70. The van der Waals surface area contributed by atoms with Gasteiger partial charge < -0.3 is 5.73 Å². The zero-order chi connectivity index (χ0) is 10.8. The first-order valence-electron chi connectivity index (χ1n) is 5.36. The number of nitrogens with two attached hydrogens (primary N) is 1. The van der Waals surface area contributed by atoms with Crippen molar-refractivity contribution < 1.29 is 0 Å². The van der Waals surface area contributed by atoms with Crippen molar-refractivity contribution in [1.82, 2.24) is 0 Å². The number of hydrogen-bond donors (Lipinski definition) is 1. The van der Waals surface area contributed by atoms with Crippen molar-refractivity contribution in [2.24, 2.45) is 5.73 Å². The fraction of sp³-hybridized carbons (Fsp3) is 0.385. The van der Waals surface area contributed by atoms with Gasteiger partial charge in [0.15, 0.2) is 0 Å². The first-order valence-corrected chi connectivity index (χ1v) is 5.74. The van der Waals surface area contributed by atoms with E-state index in [1.54, 1.807) is 0 Å². The minimum Gasteiger partial charge on any atom is -0.327 e. The lowest BCUT2D eigenvalue weighted by Crippen LogP contribution is -2.13. The number of hydrogen-bond acceptors (Lipinski definition) is 1. The third kappa shape index (κ3) is 2.61. The molecule has 0 aromatic heterocycles. The van der Waals surface area contributed by atoms with Gasteiger partial charge in [0, 0.05) is 11.1 Å². The molecule has 1 aliphatic carbocycles. The molecule has 0 saturated heterocycles. The Hall–Kier alpha value is -0.790. The summed E-state index contributed by atoms with van der Waals surface area (Å²) in [4.78, 5) is 0. The van der Waals surface area contributed by atoms with E-state index < -0.39 is 0 Å². The van der Waals surface area contributed by atoms with E-state index in [2.05, 4.69) is 18.2 Å². The third-order valence-corrected chi connectivity index (χ3v) is 3.34. The van der Waals surface area contributed by atoms with Crippen molar-refractivity contribution in [3.63, 3.8) is 0 Å².